The lowest BCUT2D eigenvalue weighted by Crippen LogP contribution is -2.57. The first-order chi connectivity index (χ1) is 11.9. The Morgan fingerprint density at radius 3 is 2.96 bits per heavy atom. The third-order valence-electron chi connectivity index (χ3n) is 4.84. The summed E-state index contributed by atoms with van der Waals surface area (Å²) in [4.78, 5) is 16.0. The highest BCUT2D eigenvalue weighted by atomic mass is 32.2. The molecule has 1 aliphatic carbocycles. The number of nitrogens with zero attached hydrogens (tertiary/aromatic N) is 1. The Labute approximate surface area is 150 Å². The van der Waals surface area contributed by atoms with Crippen molar-refractivity contribution < 1.29 is 19.4 Å². The predicted octanol–water partition coefficient (Wildman–Crippen LogP) is 2.22. The SMILES string of the molecule is CSCC(N)C(O)(Cc1nccc2oc(CCC3CC3)cc12)C(=O)O. The van der Waals surface area contributed by atoms with Crippen LogP contribution < -0.4 is 5.73 Å². The van der Waals surface area contributed by atoms with Crippen LogP contribution in [-0.4, -0.2) is 44.8 Å². The number of carboxylic acids is 1. The average molecular weight is 364 g/mol. The van der Waals surface area contributed by atoms with Crippen molar-refractivity contribution >= 4 is 28.7 Å². The van der Waals surface area contributed by atoms with E-state index in [1.54, 1.807) is 12.3 Å². The number of hydrogen-bond donors (Lipinski definition) is 3. The zero-order valence-corrected chi connectivity index (χ0v) is 15.1. The standard InChI is InChI=1S/C18H24N2O4S/c1-25-10-16(19)18(23,17(21)22)9-14-13-8-12(5-4-11-2-3-11)24-15(13)6-7-20-14/h6-8,11,16,23H,2-5,9-10,19H2,1H3,(H,21,22). The van der Waals surface area contributed by atoms with E-state index in [2.05, 4.69) is 4.98 Å². The second-order valence-electron chi connectivity index (χ2n) is 6.83. The number of aromatic nitrogens is 1. The summed E-state index contributed by atoms with van der Waals surface area (Å²) < 4.78 is 5.87. The summed E-state index contributed by atoms with van der Waals surface area (Å²) in [6.07, 6.45) is 7.83. The number of aliphatic carboxylic acids is 1. The van der Waals surface area contributed by atoms with Crippen LogP contribution in [0.15, 0.2) is 22.7 Å². The summed E-state index contributed by atoms with van der Waals surface area (Å²) in [6, 6.07) is 2.79. The molecule has 0 radical (unpaired) electrons. The van der Waals surface area contributed by atoms with E-state index in [-0.39, 0.29) is 6.42 Å². The summed E-state index contributed by atoms with van der Waals surface area (Å²) in [5, 5.41) is 21.0. The van der Waals surface area contributed by atoms with Crippen LogP contribution in [0.4, 0.5) is 0 Å². The van der Waals surface area contributed by atoms with Gasteiger partial charge in [0, 0.05) is 30.2 Å². The minimum atomic E-state index is -2.06. The maximum atomic E-state index is 11.7. The molecule has 1 fully saturated rings. The van der Waals surface area contributed by atoms with Gasteiger partial charge >= 0.3 is 5.97 Å². The summed E-state index contributed by atoms with van der Waals surface area (Å²) in [6.45, 7) is 0. The molecule has 0 spiro atoms. The summed E-state index contributed by atoms with van der Waals surface area (Å²) in [5.74, 6) is 0.706. The summed E-state index contributed by atoms with van der Waals surface area (Å²) in [5.41, 5.74) is 5.05. The Hall–Kier alpha value is -1.57. The number of fused-ring (bicyclic) bond motifs is 1. The number of carbonyl (C=O) groups is 1. The molecule has 0 saturated heterocycles. The molecule has 0 aliphatic heterocycles. The first-order valence-corrected chi connectivity index (χ1v) is 9.90. The Balaban J connectivity index is 1.86. The molecule has 136 valence electrons. The van der Waals surface area contributed by atoms with Gasteiger partial charge in [-0.2, -0.15) is 11.8 Å². The number of aryl methyl sites for hydroxylation is 1. The van der Waals surface area contributed by atoms with Gasteiger partial charge in [0.05, 0.1) is 11.7 Å². The van der Waals surface area contributed by atoms with Gasteiger partial charge in [-0.1, -0.05) is 12.8 Å². The van der Waals surface area contributed by atoms with Gasteiger partial charge in [-0.15, -0.1) is 0 Å². The minimum absolute atomic E-state index is 0.150. The molecule has 1 saturated carbocycles. The Morgan fingerprint density at radius 2 is 2.32 bits per heavy atom. The normalized spacial score (nSPS) is 18.2. The molecule has 2 aromatic rings. The fourth-order valence-corrected chi connectivity index (χ4v) is 3.66. The predicted molar refractivity (Wildman–Crippen MR) is 97.7 cm³/mol. The van der Waals surface area contributed by atoms with Crippen molar-refractivity contribution in [1.82, 2.24) is 4.98 Å². The smallest absolute Gasteiger partial charge is 0.337 e. The van der Waals surface area contributed by atoms with Gasteiger partial charge < -0.3 is 20.4 Å². The molecular formula is C18H24N2O4S. The zero-order valence-electron chi connectivity index (χ0n) is 14.3. The molecule has 2 aromatic heterocycles. The molecule has 2 unspecified atom stereocenters. The molecule has 7 heteroatoms. The van der Waals surface area contributed by atoms with Gasteiger partial charge in [0.25, 0.3) is 0 Å². The van der Waals surface area contributed by atoms with Gasteiger partial charge in [-0.25, -0.2) is 4.79 Å². The van der Waals surface area contributed by atoms with E-state index in [0.29, 0.717) is 17.0 Å². The topological polar surface area (TPSA) is 110 Å². The van der Waals surface area contributed by atoms with E-state index in [1.165, 1.54) is 24.6 Å². The first kappa shape index (κ1) is 18.2. The lowest BCUT2D eigenvalue weighted by molar-refractivity contribution is -0.160. The molecule has 2 atom stereocenters. The molecule has 0 aromatic carbocycles. The number of carboxylic acid groups (broad SMARTS) is 1. The molecular weight excluding hydrogens is 340 g/mol. The Morgan fingerprint density at radius 1 is 1.56 bits per heavy atom. The van der Waals surface area contributed by atoms with Crippen molar-refractivity contribution in [2.45, 2.75) is 43.7 Å². The Kier molecular flexibility index (Phi) is 5.36. The van der Waals surface area contributed by atoms with Crippen molar-refractivity contribution in [3.8, 4) is 0 Å². The number of nitrogens with two attached hydrogens (primary N) is 1. The highest BCUT2D eigenvalue weighted by molar-refractivity contribution is 7.98. The van der Waals surface area contributed by atoms with E-state index in [1.807, 2.05) is 12.3 Å². The zero-order chi connectivity index (χ0) is 18.0. The van der Waals surface area contributed by atoms with E-state index in [0.717, 1.165) is 29.9 Å². The molecule has 1 aliphatic rings. The van der Waals surface area contributed by atoms with Crippen LogP contribution in [0, 0.1) is 5.92 Å². The molecule has 4 N–H and O–H groups in total. The molecule has 6 nitrogen and oxygen atoms in total. The highest BCUT2D eigenvalue weighted by Gasteiger charge is 2.43. The van der Waals surface area contributed by atoms with E-state index in [4.69, 9.17) is 10.2 Å². The minimum Gasteiger partial charge on any atom is -0.479 e. The van der Waals surface area contributed by atoms with Crippen molar-refractivity contribution in [3.05, 3.63) is 29.8 Å². The van der Waals surface area contributed by atoms with Crippen LogP contribution in [0.3, 0.4) is 0 Å². The first-order valence-electron chi connectivity index (χ1n) is 8.50. The second-order valence-corrected chi connectivity index (χ2v) is 7.74. The fourth-order valence-electron chi connectivity index (χ4n) is 3.03. The number of furan rings is 1. The van der Waals surface area contributed by atoms with Crippen LogP contribution in [0.1, 0.15) is 30.7 Å². The summed E-state index contributed by atoms with van der Waals surface area (Å²) >= 11 is 1.40. The van der Waals surface area contributed by atoms with Gasteiger partial charge in [-0.3, -0.25) is 4.98 Å². The van der Waals surface area contributed by atoms with Crippen LogP contribution in [0.2, 0.25) is 0 Å². The lowest BCUT2D eigenvalue weighted by Gasteiger charge is -2.29. The van der Waals surface area contributed by atoms with Crippen molar-refractivity contribution in [3.63, 3.8) is 0 Å². The van der Waals surface area contributed by atoms with Crippen molar-refractivity contribution in [1.29, 1.82) is 0 Å². The lowest BCUT2D eigenvalue weighted by atomic mass is 9.89. The fraction of sp³-hybridized carbons (Fsp3) is 0.556. The third kappa shape index (κ3) is 3.99. The quantitative estimate of drug-likeness (QED) is 0.626. The van der Waals surface area contributed by atoms with Crippen LogP contribution in [-0.2, 0) is 17.6 Å². The number of rotatable bonds is 9. The maximum absolute atomic E-state index is 11.7. The van der Waals surface area contributed by atoms with E-state index >= 15 is 0 Å². The van der Waals surface area contributed by atoms with Gasteiger partial charge in [-0.05, 0) is 30.7 Å². The van der Waals surface area contributed by atoms with Gasteiger partial charge in [0.2, 0.25) is 0 Å². The third-order valence-corrected chi connectivity index (χ3v) is 5.53. The van der Waals surface area contributed by atoms with Gasteiger partial charge in [0.1, 0.15) is 11.3 Å². The Bertz CT molecular complexity index is 759. The number of hydrogen-bond acceptors (Lipinski definition) is 6. The monoisotopic (exact) mass is 364 g/mol. The molecule has 0 bridgehead atoms. The molecule has 3 rings (SSSR count). The number of aliphatic hydroxyl groups is 1. The van der Waals surface area contributed by atoms with Crippen molar-refractivity contribution in [2.75, 3.05) is 12.0 Å². The maximum Gasteiger partial charge on any atom is 0.337 e. The van der Waals surface area contributed by atoms with Crippen molar-refractivity contribution in [2.24, 2.45) is 11.7 Å². The highest BCUT2D eigenvalue weighted by Crippen LogP contribution is 2.34. The largest absolute Gasteiger partial charge is 0.479 e. The molecule has 2 heterocycles. The molecule has 25 heavy (non-hydrogen) atoms. The van der Waals surface area contributed by atoms with Crippen LogP contribution in [0.5, 0.6) is 0 Å². The number of thioether (sulfide) groups is 1. The average Bonchev–Trinajstić information content (AvgIpc) is 3.31. The summed E-state index contributed by atoms with van der Waals surface area (Å²) in [7, 11) is 0. The van der Waals surface area contributed by atoms with E-state index < -0.39 is 17.6 Å². The van der Waals surface area contributed by atoms with Gasteiger partial charge in [0.15, 0.2) is 5.60 Å². The van der Waals surface area contributed by atoms with Crippen LogP contribution in [0.25, 0.3) is 11.0 Å². The van der Waals surface area contributed by atoms with Crippen LogP contribution >= 0.6 is 11.8 Å². The molecule has 0 amide bonds. The number of pyridine rings is 1. The van der Waals surface area contributed by atoms with E-state index in [9.17, 15) is 15.0 Å². The second kappa shape index (κ2) is 7.35.